The monoisotopic (exact) mass is 431 g/mol. The first kappa shape index (κ1) is 22.0. The molecule has 5 nitrogen and oxygen atoms in total. The molecule has 0 radical (unpaired) electrons. The number of allylic oxidation sites excluding steroid dienone is 2. The van der Waals surface area contributed by atoms with E-state index in [0.29, 0.717) is 29.9 Å². The third kappa shape index (κ3) is 4.12. The van der Waals surface area contributed by atoms with Crippen LogP contribution in [0.5, 0.6) is 5.75 Å². The molecule has 0 bridgehead atoms. The van der Waals surface area contributed by atoms with Gasteiger partial charge in [-0.3, -0.25) is 14.6 Å². The molecule has 32 heavy (non-hydrogen) atoms. The Morgan fingerprint density at radius 1 is 1.03 bits per heavy atom. The highest BCUT2D eigenvalue weighted by molar-refractivity contribution is 6.09. The van der Waals surface area contributed by atoms with Gasteiger partial charge in [-0.25, -0.2) is 0 Å². The van der Waals surface area contributed by atoms with E-state index in [4.69, 9.17) is 14.5 Å². The zero-order valence-corrected chi connectivity index (χ0v) is 19.0. The van der Waals surface area contributed by atoms with Crippen molar-refractivity contribution in [2.24, 2.45) is 10.9 Å². The molecule has 0 aromatic heterocycles. The number of hydrogen-bond donors (Lipinski definition) is 0. The SMILES string of the molecule is COC(=O)C1C(C)=NC2=C(C(=O)C[C@@H](c3ccccc3)C2)[C@@H]1c1ccccc1OC(C)C. The van der Waals surface area contributed by atoms with Gasteiger partial charge in [-0.15, -0.1) is 0 Å². The van der Waals surface area contributed by atoms with Crippen LogP contribution < -0.4 is 4.74 Å². The van der Waals surface area contributed by atoms with Gasteiger partial charge in [0.15, 0.2) is 5.78 Å². The number of rotatable bonds is 5. The van der Waals surface area contributed by atoms with Gasteiger partial charge in [0.25, 0.3) is 0 Å². The fourth-order valence-electron chi connectivity index (χ4n) is 4.89. The summed E-state index contributed by atoms with van der Waals surface area (Å²) < 4.78 is 11.2. The Hall–Kier alpha value is -3.21. The van der Waals surface area contributed by atoms with Crippen LogP contribution in [0.25, 0.3) is 0 Å². The Morgan fingerprint density at radius 2 is 1.72 bits per heavy atom. The number of Topliss-reactive ketones (excluding diaryl/α,β-unsaturated/α-hetero) is 1. The van der Waals surface area contributed by atoms with Crippen molar-refractivity contribution >= 4 is 17.5 Å². The molecule has 5 heteroatoms. The standard InChI is InChI=1S/C27H29NO4/c1-16(2)32-23-13-9-8-12-20(23)25-24(27(30)31-4)17(3)28-21-14-19(15-22(29)26(21)25)18-10-6-5-7-11-18/h5-13,16,19,24-25H,14-15H2,1-4H3/t19-,24?,25+/m0/s1. The fourth-order valence-corrected chi connectivity index (χ4v) is 4.89. The minimum atomic E-state index is -0.659. The lowest BCUT2D eigenvalue weighted by molar-refractivity contribution is -0.143. The van der Waals surface area contributed by atoms with Gasteiger partial charge in [0.1, 0.15) is 11.7 Å². The van der Waals surface area contributed by atoms with Crippen molar-refractivity contribution in [3.8, 4) is 5.75 Å². The first-order valence-electron chi connectivity index (χ1n) is 11.1. The molecular formula is C27H29NO4. The molecule has 0 spiro atoms. The van der Waals surface area contributed by atoms with Crippen LogP contribution in [0.4, 0.5) is 0 Å². The summed E-state index contributed by atoms with van der Waals surface area (Å²) in [6.07, 6.45) is 1.03. The molecule has 3 atom stereocenters. The van der Waals surface area contributed by atoms with Crippen molar-refractivity contribution in [3.05, 3.63) is 77.0 Å². The highest BCUT2D eigenvalue weighted by atomic mass is 16.5. The molecular weight excluding hydrogens is 402 g/mol. The summed E-state index contributed by atoms with van der Waals surface area (Å²) in [6.45, 7) is 5.77. The van der Waals surface area contributed by atoms with Gasteiger partial charge >= 0.3 is 5.97 Å². The van der Waals surface area contributed by atoms with Gasteiger partial charge in [0.2, 0.25) is 0 Å². The minimum absolute atomic E-state index is 0.0367. The highest BCUT2D eigenvalue weighted by Gasteiger charge is 2.45. The summed E-state index contributed by atoms with van der Waals surface area (Å²) in [5.74, 6) is -0.728. The minimum Gasteiger partial charge on any atom is -0.491 e. The first-order valence-corrected chi connectivity index (χ1v) is 11.1. The molecule has 0 saturated heterocycles. The molecule has 0 N–H and O–H groups in total. The van der Waals surface area contributed by atoms with Crippen LogP contribution in [-0.2, 0) is 14.3 Å². The second-order valence-electron chi connectivity index (χ2n) is 8.74. The van der Waals surface area contributed by atoms with Crippen LogP contribution in [0.2, 0.25) is 0 Å². The Kier molecular flexibility index (Phi) is 6.26. The molecule has 4 rings (SSSR count). The number of nitrogens with zero attached hydrogens (tertiary/aromatic N) is 1. The molecule has 1 unspecified atom stereocenters. The van der Waals surface area contributed by atoms with Gasteiger partial charge in [-0.2, -0.15) is 0 Å². The third-order valence-electron chi connectivity index (χ3n) is 6.23. The van der Waals surface area contributed by atoms with Crippen molar-refractivity contribution in [3.63, 3.8) is 0 Å². The molecule has 2 aromatic carbocycles. The summed E-state index contributed by atoms with van der Waals surface area (Å²) in [5, 5.41) is 0. The second-order valence-corrected chi connectivity index (χ2v) is 8.74. The average Bonchev–Trinajstić information content (AvgIpc) is 2.78. The lowest BCUT2D eigenvalue weighted by Crippen LogP contribution is -2.38. The number of carbonyl (C=O) groups excluding carboxylic acids is 2. The van der Waals surface area contributed by atoms with Crippen LogP contribution in [0.1, 0.15) is 56.6 Å². The number of aliphatic imine (C=N–C) groups is 1. The second kappa shape index (κ2) is 9.11. The molecule has 0 fully saturated rings. The normalized spacial score (nSPS) is 23.0. The molecule has 0 amide bonds. The van der Waals surface area contributed by atoms with E-state index >= 15 is 0 Å². The van der Waals surface area contributed by atoms with E-state index in [1.54, 1.807) is 0 Å². The largest absolute Gasteiger partial charge is 0.491 e. The molecule has 0 saturated carbocycles. The zero-order valence-electron chi connectivity index (χ0n) is 19.0. The van der Waals surface area contributed by atoms with E-state index in [-0.39, 0.29) is 23.8 Å². The molecule has 2 aromatic rings. The Morgan fingerprint density at radius 3 is 2.41 bits per heavy atom. The number of ketones is 1. The third-order valence-corrected chi connectivity index (χ3v) is 6.23. The molecule has 1 aliphatic carbocycles. The number of methoxy groups -OCH3 is 1. The van der Waals surface area contributed by atoms with Crippen LogP contribution in [0.3, 0.4) is 0 Å². The number of carbonyl (C=O) groups is 2. The Bertz CT molecular complexity index is 1080. The maximum absolute atomic E-state index is 13.6. The smallest absolute Gasteiger partial charge is 0.315 e. The molecule has 1 heterocycles. The maximum atomic E-state index is 13.6. The number of para-hydroxylation sites is 1. The van der Waals surface area contributed by atoms with E-state index in [0.717, 1.165) is 16.8 Å². The van der Waals surface area contributed by atoms with Crippen LogP contribution in [0.15, 0.2) is 70.9 Å². The van der Waals surface area contributed by atoms with E-state index < -0.39 is 11.8 Å². The Labute approximate surface area is 189 Å². The zero-order chi connectivity index (χ0) is 22.8. The number of hydrogen-bond acceptors (Lipinski definition) is 5. The number of benzene rings is 2. The summed E-state index contributed by atoms with van der Waals surface area (Å²) in [5.41, 5.74) is 4.02. The van der Waals surface area contributed by atoms with E-state index in [1.165, 1.54) is 7.11 Å². The lowest BCUT2D eigenvalue weighted by Gasteiger charge is -2.37. The topological polar surface area (TPSA) is 65.0 Å². The van der Waals surface area contributed by atoms with Crippen molar-refractivity contribution in [1.82, 2.24) is 0 Å². The van der Waals surface area contributed by atoms with Crippen LogP contribution in [0, 0.1) is 5.92 Å². The number of esters is 1. The predicted octanol–water partition coefficient (Wildman–Crippen LogP) is 5.22. The van der Waals surface area contributed by atoms with Gasteiger partial charge in [0, 0.05) is 34.9 Å². The molecule has 166 valence electrons. The van der Waals surface area contributed by atoms with E-state index in [1.807, 2.05) is 63.2 Å². The highest BCUT2D eigenvalue weighted by Crippen LogP contribution is 2.48. The number of ether oxygens (including phenoxy) is 2. The van der Waals surface area contributed by atoms with Gasteiger partial charge in [0.05, 0.1) is 13.2 Å². The first-order chi connectivity index (χ1) is 15.4. The van der Waals surface area contributed by atoms with E-state index in [2.05, 4.69) is 12.1 Å². The van der Waals surface area contributed by atoms with Crippen molar-refractivity contribution < 1.29 is 19.1 Å². The van der Waals surface area contributed by atoms with Crippen LogP contribution >= 0.6 is 0 Å². The summed E-state index contributed by atoms with van der Waals surface area (Å²) >= 11 is 0. The van der Waals surface area contributed by atoms with Crippen molar-refractivity contribution in [1.29, 1.82) is 0 Å². The average molecular weight is 432 g/mol. The van der Waals surface area contributed by atoms with Gasteiger partial charge in [-0.05, 0) is 44.7 Å². The quantitative estimate of drug-likeness (QED) is 0.609. The molecule has 1 aliphatic heterocycles. The predicted molar refractivity (Wildman–Crippen MR) is 124 cm³/mol. The summed E-state index contributed by atoms with van der Waals surface area (Å²) in [7, 11) is 1.38. The molecule has 2 aliphatic rings. The van der Waals surface area contributed by atoms with E-state index in [9.17, 15) is 9.59 Å². The summed E-state index contributed by atoms with van der Waals surface area (Å²) in [6, 6.07) is 17.7. The van der Waals surface area contributed by atoms with Crippen molar-refractivity contribution in [2.45, 2.75) is 51.6 Å². The lowest BCUT2D eigenvalue weighted by atomic mass is 9.69. The summed E-state index contributed by atoms with van der Waals surface area (Å²) in [4.78, 5) is 31.2. The van der Waals surface area contributed by atoms with Gasteiger partial charge < -0.3 is 9.47 Å². The Balaban J connectivity index is 1.85. The van der Waals surface area contributed by atoms with Crippen LogP contribution in [-0.4, -0.2) is 30.7 Å². The van der Waals surface area contributed by atoms with Gasteiger partial charge in [-0.1, -0.05) is 48.5 Å². The van der Waals surface area contributed by atoms with Crippen molar-refractivity contribution in [2.75, 3.05) is 7.11 Å². The fraction of sp³-hybridized carbons (Fsp3) is 0.370. The maximum Gasteiger partial charge on any atom is 0.315 e.